The summed E-state index contributed by atoms with van der Waals surface area (Å²) in [4.78, 5) is 13.1. The summed E-state index contributed by atoms with van der Waals surface area (Å²) in [5, 5.41) is 8.81. The molecule has 4 heteroatoms. The van der Waals surface area contributed by atoms with Gasteiger partial charge in [-0.2, -0.15) is 5.26 Å². The molecule has 1 aromatic rings. The van der Waals surface area contributed by atoms with Crippen molar-refractivity contribution in [2.45, 2.75) is 19.4 Å². The van der Waals surface area contributed by atoms with Gasteiger partial charge in [-0.1, -0.05) is 12.1 Å². The van der Waals surface area contributed by atoms with Crippen molar-refractivity contribution < 1.29 is 9.53 Å². The first-order valence-corrected chi connectivity index (χ1v) is 5.90. The first-order valence-electron chi connectivity index (χ1n) is 5.90. The van der Waals surface area contributed by atoms with Gasteiger partial charge in [0.1, 0.15) is 0 Å². The predicted molar refractivity (Wildman–Crippen MR) is 68.7 cm³/mol. The molecule has 0 aliphatic heterocycles. The lowest BCUT2D eigenvalue weighted by molar-refractivity contribution is -0.140. The molecule has 0 heterocycles. The van der Waals surface area contributed by atoms with Crippen LogP contribution in [-0.4, -0.2) is 31.6 Å². The van der Waals surface area contributed by atoms with E-state index in [1.54, 1.807) is 6.07 Å². The van der Waals surface area contributed by atoms with Crippen LogP contribution in [0.25, 0.3) is 0 Å². The lowest BCUT2D eigenvalue weighted by atomic mass is 10.1. The van der Waals surface area contributed by atoms with E-state index in [2.05, 4.69) is 15.7 Å². The monoisotopic (exact) mass is 246 g/mol. The molecule has 0 radical (unpaired) electrons. The number of rotatable bonds is 6. The van der Waals surface area contributed by atoms with E-state index in [0.717, 1.165) is 25.1 Å². The van der Waals surface area contributed by atoms with Crippen molar-refractivity contribution >= 4 is 5.97 Å². The SMILES string of the molecule is COC(=O)CCCN(C)Cc1cccc(C#N)c1. The molecule has 4 nitrogen and oxygen atoms in total. The minimum atomic E-state index is -0.171. The standard InChI is InChI=1S/C14H18N2O2/c1-16(8-4-7-14(17)18-2)11-13-6-3-5-12(9-13)10-15/h3,5-6,9H,4,7-8,11H2,1-2H3. The van der Waals surface area contributed by atoms with Gasteiger partial charge in [0.2, 0.25) is 0 Å². The molecule has 1 aromatic carbocycles. The van der Waals surface area contributed by atoms with Gasteiger partial charge >= 0.3 is 5.97 Å². The van der Waals surface area contributed by atoms with Crippen molar-refractivity contribution in [2.24, 2.45) is 0 Å². The molecule has 0 aliphatic carbocycles. The Labute approximate surface area is 108 Å². The number of nitrogens with zero attached hydrogens (tertiary/aromatic N) is 2. The molecule has 96 valence electrons. The summed E-state index contributed by atoms with van der Waals surface area (Å²) in [6.07, 6.45) is 1.22. The summed E-state index contributed by atoms with van der Waals surface area (Å²) in [5.41, 5.74) is 1.78. The van der Waals surface area contributed by atoms with Crippen LogP contribution in [0, 0.1) is 11.3 Å². The zero-order chi connectivity index (χ0) is 13.4. The van der Waals surface area contributed by atoms with Gasteiger partial charge in [-0.15, -0.1) is 0 Å². The van der Waals surface area contributed by atoms with Crippen LogP contribution >= 0.6 is 0 Å². The maximum atomic E-state index is 11.0. The second-order valence-electron chi connectivity index (χ2n) is 4.23. The van der Waals surface area contributed by atoms with Crippen LogP contribution in [0.5, 0.6) is 0 Å². The summed E-state index contributed by atoms with van der Waals surface area (Å²) >= 11 is 0. The largest absolute Gasteiger partial charge is 0.469 e. The highest BCUT2D eigenvalue weighted by Gasteiger charge is 2.04. The maximum Gasteiger partial charge on any atom is 0.305 e. The summed E-state index contributed by atoms with van der Waals surface area (Å²) in [5.74, 6) is -0.171. The fourth-order valence-corrected chi connectivity index (χ4v) is 1.73. The van der Waals surface area contributed by atoms with Gasteiger partial charge in [0, 0.05) is 13.0 Å². The number of carbonyl (C=O) groups excluding carboxylic acids is 1. The minimum absolute atomic E-state index is 0.171. The number of ether oxygens (including phenoxy) is 1. The molecule has 0 N–H and O–H groups in total. The van der Waals surface area contributed by atoms with Crippen LogP contribution in [0.2, 0.25) is 0 Å². The molecule has 0 bridgehead atoms. The topological polar surface area (TPSA) is 53.3 Å². The molecule has 0 unspecified atom stereocenters. The van der Waals surface area contributed by atoms with E-state index in [-0.39, 0.29) is 5.97 Å². The van der Waals surface area contributed by atoms with E-state index in [9.17, 15) is 4.79 Å². The summed E-state index contributed by atoms with van der Waals surface area (Å²) in [6.45, 7) is 1.60. The van der Waals surface area contributed by atoms with E-state index >= 15 is 0 Å². The van der Waals surface area contributed by atoms with Crippen molar-refractivity contribution in [2.75, 3.05) is 20.7 Å². The Kier molecular flexibility index (Phi) is 5.89. The average molecular weight is 246 g/mol. The van der Waals surface area contributed by atoms with Crippen LogP contribution in [0.1, 0.15) is 24.0 Å². The zero-order valence-corrected chi connectivity index (χ0v) is 10.8. The first kappa shape index (κ1) is 14.2. The number of nitriles is 1. The quantitative estimate of drug-likeness (QED) is 0.720. The zero-order valence-electron chi connectivity index (χ0n) is 10.8. The van der Waals surface area contributed by atoms with Crippen LogP contribution < -0.4 is 0 Å². The number of hydrogen-bond acceptors (Lipinski definition) is 4. The third-order valence-corrected chi connectivity index (χ3v) is 2.66. The van der Waals surface area contributed by atoms with E-state index < -0.39 is 0 Å². The summed E-state index contributed by atoms with van der Waals surface area (Å²) < 4.78 is 4.59. The van der Waals surface area contributed by atoms with Crippen LogP contribution in [0.3, 0.4) is 0 Å². The number of carbonyl (C=O) groups is 1. The first-order chi connectivity index (χ1) is 8.65. The Balaban J connectivity index is 2.37. The van der Waals surface area contributed by atoms with Gasteiger partial charge in [-0.25, -0.2) is 0 Å². The highest BCUT2D eigenvalue weighted by atomic mass is 16.5. The molecule has 0 amide bonds. The van der Waals surface area contributed by atoms with Gasteiger partial charge in [0.25, 0.3) is 0 Å². The lowest BCUT2D eigenvalue weighted by Crippen LogP contribution is -2.20. The number of hydrogen-bond donors (Lipinski definition) is 0. The Morgan fingerprint density at radius 1 is 1.50 bits per heavy atom. The molecule has 0 aromatic heterocycles. The van der Waals surface area contributed by atoms with Gasteiger partial charge in [-0.05, 0) is 37.7 Å². The molecule has 0 saturated carbocycles. The maximum absolute atomic E-state index is 11.0. The molecular weight excluding hydrogens is 228 g/mol. The molecule has 18 heavy (non-hydrogen) atoms. The smallest absolute Gasteiger partial charge is 0.305 e. The molecule has 0 aliphatic rings. The normalized spacial score (nSPS) is 10.1. The van der Waals surface area contributed by atoms with Gasteiger partial charge in [-0.3, -0.25) is 4.79 Å². The van der Waals surface area contributed by atoms with E-state index in [4.69, 9.17) is 5.26 Å². The van der Waals surface area contributed by atoms with Crippen LogP contribution in [0.4, 0.5) is 0 Å². The van der Waals surface area contributed by atoms with Gasteiger partial charge in [0.15, 0.2) is 0 Å². The van der Waals surface area contributed by atoms with E-state index in [1.165, 1.54) is 7.11 Å². The molecule has 1 rings (SSSR count). The van der Waals surface area contributed by atoms with Crippen molar-refractivity contribution in [1.29, 1.82) is 5.26 Å². The molecule has 0 fully saturated rings. The second-order valence-corrected chi connectivity index (χ2v) is 4.23. The Morgan fingerprint density at radius 3 is 2.94 bits per heavy atom. The second kappa shape index (κ2) is 7.46. The fraction of sp³-hybridized carbons (Fsp3) is 0.429. The molecule has 0 saturated heterocycles. The van der Waals surface area contributed by atoms with Gasteiger partial charge < -0.3 is 9.64 Å². The minimum Gasteiger partial charge on any atom is -0.469 e. The molecular formula is C14H18N2O2. The highest BCUT2D eigenvalue weighted by Crippen LogP contribution is 2.07. The fourth-order valence-electron chi connectivity index (χ4n) is 1.73. The Morgan fingerprint density at radius 2 is 2.28 bits per heavy atom. The number of esters is 1. The van der Waals surface area contributed by atoms with Crippen molar-refractivity contribution in [3.05, 3.63) is 35.4 Å². The molecule has 0 atom stereocenters. The number of benzene rings is 1. The lowest BCUT2D eigenvalue weighted by Gasteiger charge is -2.16. The van der Waals surface area contributed by atoms with Crippen molar-refractivity contribution in [3.8, 4) is 6.07 Å². The van der Waals surface area contributed by atoms with Gasteiger partial charge in [0.05, 0.1) is 18.7 Å². The molecule has 0 spiro atoms. The third kappa shape index (κ3) is 4.98. The van der Waals surface area contributed by atoms with Crippen LogP contribution in [0.15, 0.2) is 24.3 Å². The predicted octanol–water partition coefficient (Wildman–Crippen LogP) is 1.94. The average Bonchev–Trinajstić information content (AvgIpc) is 2.38. The Hall–Kier alpha value is -1.86. The van der Waals surface area contributed by atoms with E-state index in [1.807, 2.05) is 25.2 Å². The van der Waals surface area contributed by atoms with Crippen LogP contribution in [-0.2, 0) is 16.1 Å². The Bertz CT molecular complexity index is 438. The van der Waals surface area contributed by atoms with E-state index in [0.29, 0.717) is 12.0 Å². The van der Waals surface area contributed by atoms with Crippen molar-refractivity contribution in [1.82, 2.24) is 4.90 Å². The third-order valence-electron chi connectivity index (χ3n) is 2.66. The summed E-state index contributed by atoms with van der Waals surface area (Å²) in [6, 6.07) is 9.69. The summed E-state index contributed by atoms with van der Waals surface area (Å²) in [7, 11) is 3.40. The highest BCUT2D eigenvalue weighted by molar-refractivity contribution is 5.69. The number of methoxy groups -OCH3 is 1. The van der Waals surface area contributed by atoms with Crippen molar-refractivity contribution in [3.63, 3.8) is 0 Å².